The van der Waals surface area contributed by atoms with Crippen LogP contribution in [-0.4, -0.2) is 51.8 Å². The van der Waals surface area contributed by atoms with Gasteiger partial charge in [0.2, 0.25) is 5.95 Å². The number of hydrogen-bond donors (Lipinski definition) is 0. The Morgan fingerprint density at radius 2 is 2.09 bits per heavy atom. The van der Waals surface area contributed by atoms with Gasteiger partial charge in [0.15, 0.2) is 5.82 Å². The lowest BCUT2D eigenvalue weighted by atomic mass is 9.85. The van der Waals surface area contributed by atoms with E-state index in [2.05, 4.69) is 14.9 Å². The minimum atomic E-state index is -0.598. The number of likely N-dealkylation sites (N-methyl/N-ethyl adjacent to an activating group) is 1. The summed E-state index contributed by atoms with van der Waals surface area (Å²) in [7, 11) is 0. The number of aliphatic imine (C=N–C) groups is 1. The van der Waals surface area contributed by atoms with Gasteiger partial charge in [-0.1, -0.05) is 0 Å². The van der Waals surface area contributed by atoms with Crippen molar-refractivity contribution in [3.05, 3.63) is 18.2 Å². The second-order valence-corrected chi connectivity index (χ2v) is 6.64. The number of aromatic nitrogens is 2. The number of rotatable bonds is 2. The van der Waals surface area contributed by atoms with Crippen molar-refractivity contribution in [1.29, 1.82) is 0 Å². The molecule has 3 aliphatic rings. The highest BCUT2D eigenvalue weighted by atomic mass is 19.1. The summed E-state index contributed by atoms with van der Waals surface area (Å²) in [4.78, 5) is 29.7. The topological polar surface area (TPSA) is 61.7 Å². The van der Waals surface area contributed by atoms with Gasteiger partial charge in [0.25, 0.3) is 5.91 Å². The van der Waals surface area contributed by atoms with Gasteiger partial charge in [-0.05, 0) is 32.6 Å². The van der Waals surface area contributed by atoms with Crippen molar-refractivity contribution in [2.24, 2.45) is 16.8 Å². The minimum Gasteiger partial charge on any atom is -0.340 e. The second-order valence-electron chi connectivity index (χ2n) is 6.64. The molecule has 7 heteroatoms. The lowest BCUT2D eigenvalue weighted by Crippen LogP contribution is -2.46. The van der Waals surface area contributed by atoms with E-state index in [-0.39, 0.29) is 11.8 Å². The number of nitrogens with zero attached hydrogens (tertiary/aromatic N) is 5. The van der Waals surface area contributed by atoms with E-state index in [1.165, 1.54) is 12.4 Å². The van der Waals surface area contributed by atoms with Crippen LogP contribution in [0.3, 0.4) is 0 Å². The Balaban J connectivity index is 1.61. The Morgan fingerprint density at radius 3 is 2.74 bits per heavy atom. The van der Waals surface area contributed by atoms with Crippen molar-refractivity contribution in [3.8, 4) is 0 Å². The van der Waals surface area contributed by atoms with E-state index in [1.807, 2.05) is 13.8 Å². The molecule has 3 atom stereocenters. The summed E-state index contributed by atoms with van der Waals surface area (Å²) in [6.45, 7) is 6.08. The summed E-state index contributed by atoms with van der Waals surface area (Å²) in [6.07, 6.45) is 4.19. The van der Waals surface area contributed by atoms with Crippen molar-refractivity contribution in [1.82, 2.24) is 14.9 Å². The number of hydrogen-bond acceptors (Lipinski definition) is 5. The fourth-order valence-corrected chi connectivity index (χ4v) is 4.48. The molecule has 0 bridgehead atoms. The van der Waals surface area contributed by atoms with Gasteiger partial charge in [-0.2, -0.15) is 0 Å². The second kappa shape index (κ2) is 4.97. The molecule has 3 heterocycles. The Morgan fingerprint density at radius 1 is 1.35 bits per heavy atom. The van der Waals surface area contributed by atoms with Crippen molar-refractivity contribution in [3.63, 3.8) is 0 Å². The van der Waals surface area contributed by atoms with Gasteiger partial charge in [0.1, 0.15) is 11.4 Å². The van der Waals surface area contributed by atoms with Gasteiger partial charge in [-0.25, -0.2) is 14.4 Å². The Bertz CT molecular complexity index is 676. The molecule has 1 saturated carbocycles. The molecule has 122 valence electrons. The molecular formula is C16H20FN5O. The van der Waals surface area contributed by atoms with Crippen molar-refractivity contribution >= 4 is 17.7 Å². The third-order valence-electron chi connectivity index (χ3n) is 5.52. The third kappa shape index (κ3) is 1.98. The Labute approximate surface area is 134 Å². The number of amidine groups is 1. The third-order valence-corrected chi connectivity index (χ3v) is 5.52. The number of amides is 1. The molecule has 1 aromatic rings. The van der Waals surface area contributed by atoms with Gasteiger partial charge in [-0.15, -0.1) is 0 Å². The zero-order chi connectivity index (χ0) is 16.2. The molecule has 1 spiro atoms. The first-order valence-electron chi connectivity index (χ1n) is 8.16. The number of carbonyl (C=O) groups excluding carboxylic acids is 1. The molecule has 0 unspecified atom stereocenters. The molecular weight excluding hydrogens is 297 g/mol. The van der Waals surface area contributed by atoms with Gasteiger partial charge < -0.3 is 4.90 Å². The van der Waals surface area contributed by atoms with E-state index in [4.69, 9.17) is 4.99 Å². The predicted molar refractivity (Wildman–Crippen MR) is 83.6 cm³/mol. The van der Waals surface area contributed by atoms with Crippen molar-refractivity contribution in [2.45, 2.75) is 32.2 Å². The fraction of sp³-hybridized carbons (Fsp3) is 0.625. The SMILES string of the molecule is CCN1C(=O)[C@]2(CC[C@@H]3CN(c4ncc(F)cn4)C[C@@H]32)N=C1C. The standard InChI is InChI=1S/C16H20FN5O/c1-3-22-10(2)20-16(14(22)23)5-4-11-8-21(9-13(11)16)15-18-6-12(17)7-19-15/h6-7,11,13H,3-5,8-9H2,1-2H3/t11-,13+,16-/m1/s1. The molecule has 1 amide bonds. The van der Waals surface area contributed by atoms with Crippen LogP contribution in [0.25, 0.3) is 0 Å². The Kier molecular flexibility index (Phi) is 3.14. The zero-order valence-corrected chi connectivity index (χ0v) is 13.4. The summed E-state index contributed by atoms with van der Waals surface area (Å²) in [5, 5.41) is 0. The van der Waals surface area contributed by atoms with Crippen LogP contribution in [0.2, 0.25) is 0 Å². The molecule has 2 fully saturated rings. The van der Waals surface area contributed by atoms with E-state index >= 15 is 0 Å². The first-order valence-corrected chi connectivity index (χ1v) is 8.16. The van der Waals surface area contributed by atoms with Crippen molar-refractivity contribution in [2.75, 3.05) is 24.5 Å². The lowest BCUT2D eigenvalue weighted by molar-refractivity contribution is -0.132. The first kappa shape index (κ1) is 14.5. The van der Waals surface area contributed by atoms with E-state index < -0.39 is 11.4 Å². The minimum absolute atomic E-state index is 0.145. The smallest absolute Gasteiger partial charge is 0.256 e. The summed E-state index contributed by atoms with van der Waals surface area (Å²) in [5.74, 6) is 1.68. The normalized spacial score (nSPS) is 32.8. The largest absolute Gasteiger partial charge is 0.340 e. The molecule has 1 saturated heterocycles. The highest BCUT2D eigenvalue weighted by Gasteiger charge is 2.60. The van der Waals surface area contributed by atoms with Crippen LogP contribution in [0.4, 0.5) is 10.3 Å². The number of halogens is 1. The molecule has 0 N–H and O–H groups in total. The van der Waals surface area contributed by atoms with Crippen LogP contribution in [0.15, 0.2) is 17.4 Å². The van der Waals surface area contributed by atoms with Gasteiger partial charge in [0, 0.05) is 25.6 Å². The molecule has 2 aliphatic heterocycles. The van der Waals surface area contributed by atoms with Gasteiger partial charge in [0.05, 0.1) is 12.4 Å². The first-order chi connectivity index (χ1) is 11.0. The van der Waals surface area contributed by atoms with Crippen LogP contribution in [0.5, 0.6) is 0 Å². The number of anilines is 1. The molecule has 6 nitrogen and oxygen atoms in total. The van der Waals surface area contributed by atoms with Crippen LogP contribution >= 0.6 is 0 Å². The maximum Gasteiger partial charge on any atom is 0.256 e. The average molecular weight is 317 g/mol. The van der Waals surface area contributed by atoms with E-state index in [0.29, 0.717) is 25.0 Å². The van der Waals surface area contributed by atoms with E-state index in [0.717, 1.165) is 25.2 Å². The maximum atomic E-state index is 13.0. The zero-order valence-electron chi connectivity index (χ0n) is 13.4. The molecule has 0 aromatic carbocycles. The quantitative estimate of drug-likeness (QED) is 0.829. The fourth-order valence-electron chi connectivity index (χ4n) is 4.48. The maximum absolute atomic E-state index is 13.0. The van der Waals surface area contributed by atoms with Crippen LogP contribution in [0, 0.1) is 17.7 Å². The molecule has 1 aromatic heterocycles. The number of fused-ring (bicyclic) bond motifs is 2. The summed E-state index contributed by atoms with van der Waals surface area (Å²) < 4.78 is 13.0. The summed E-state index contributed by atoms with van der Waals surface area (Å²) >= 11 is 0. The highest BCUT2D eigenvalue weighted by Crippen LogP contribution is 2.50. The predicted octanol–water partition coefficient (Wildman–Crippen LogP) is 1.48. The van der Waals surface area contributed by atoms with Crippen LogP contribution < -0.4 is 4.90 Å². The molecule has 4 rings (SSSR count). The van der Waals surface area contributed by atoms with Gasteiger partial charge in [-0.3, -0.25) is 14.7 Å². The number of carbonyl (C=O) groups is 1. The Hall–Kier alpha value is -2.05. The highest BCUT2D eigenvalue weighted by molar-refractivity contribution is 6.07. The summed E-state index contributed by atoms with van der Waals surface area (Å²) in [6, 6.07) is 0. The van der Waals surface area contributed by atoms with E-state index in [9.17, 15) is 9.18 Å². The van der Waals surface area contributed by atoms with Gasteiger partial charge >= 0.3 is 0 Å². The lowest BCUT2D eigenvalue weighted by Gasteiger charge is -2.27. The summed E-state index contributed by atoms with van der Waals surface area (Å²) in [5.41, 5.74) is -0.598. The molecule has 0 radical (unpaired) electrons. The molecule has 1 aliphatic carbocycles. The monoisotopic (exact) mass is 317 g/mol. The van der Waals surface area contributed by atoms with Crippen LogP contribution in [0.1, 0.15) is 26.7 Å². The molecule has 23 heavy (non-hydrogen) atoms. The van der Waals surface area contributed by atoms with Crippen molar-refractivity contribution < 1.29 is 9.18 Å². The average Bonchev–Trinajstić information content (AvgIpc) is 3.16. The van der Waals surface area contributed by atoms with Crippen LogP contribution in [-0.2, 0) is 4.79 Å². The van der Waals surface area contributed by atoms with E-state index in [1.54, 1.807) is 4.90 Å².